The van der Waals surface area contributed by atoms with E-state index in [1.54, 1.807) is 38.5 Å². The van der Waals surface area contributed by atoms with Crippen molar-refractivity contribution in [2.75, 3.05) is 0 Å². The standard InChI is InChI=1S/C17H16ClN5O2/c1-12(2)25-16(24)5-7-23-11-20-17(21-23)14-9-13(18)3-4-15(14)22-8-6-19-10-22/h3-12H,1-2H3/b7-5+. The Labute approximate surface area is 149 Å². The number of ether oxygens (including phenoxy) is 1. The lowest BCUT2D eigenvalue weighted by molar-refractivity contribution is -0.141. The number of nitrogens with zero attached hydrogens (tertiary/aromatic N) is 5. The monoisotopic (exact) mass is 357 g/mol. The Morgan fingerprint density at radius 3 is 2.88 bits per heavy atom. The van der Waals surface area contributed by atoms with Crippen molar-refractivity contribution >= 4 is 23.8 Å². The summed E-state index contributed by atoms with van der Waals surface area (Å²) in [5.41, 5.74) is 1.60. The molecule has 3 rings (SSSR count). The lowest BCUT2D eigenvalue weighted by Crippen LogP contribution is -2.08. The molecule has 0 radical (unpaired) electrons. The maximum Gasteiger partial charge on any atom is 0.332 e. The zero-order chi connectivity index (χ0) is 17.8. The van der Waals surface area contributed by atoms with Gasteiger partial charge in [-0.1, -0.05) is 11.6 Å². The van der Waals surface area contributed by atoms with E-state index in [0.717, 1.165) is 11.3 Å². The minimum absolute atomic E-state index is 0.173. The van der Waals surface area contributed by atoms with Gasteiger partial charge in [0.25, 0.3) is 0 Å². The van der Waals surface area contributed by atoms with Crippen LogP contribution in [-0.4, -0.2) is 36.4 Å². The number of rotatable bonds is 5. The third-order valence-corrected chi connectivity index (χ3v) is 3.44. The van der Waals surface area contributed by atoms with E-state index >= 15 is 0 Å². The molecule has 25 heavy (non-hydrogen) atoms. The zero-order valence-electron chi connectivity index (χ0n) is 13.7. The van der Waals surface area contributed by atoms with Crippen molar-refractivity contribution in [3.8, 4) is 17.1 Å². The SMILES string of the molecule is CC(C)OC(=O)/C=C/n1cnc(-c2cc(Cl)ccc2-n2ccnc2)n1. The van der Waals surface area contributed by atoms with Crippen molar-refractivity contribution in [1.82, 2.24) is 24.3 Å². The molecular weight excluding hydrogens is 342 g/mol. The largest absolute Gasteiger partial charge is 0.460 e. The van der Waals surface area contributed by atoms with Gasteiger partial charge in [-0.15, -0.1) is 5.10 Å². The smallest absolute Gasteiger partial charge is 0.332 e. The summed E-state index contributed by atoms with van der Waals surface area (Å²) in [5, 5.41) is 4.94. The number of esters is 1. The van der Waals surface area contributed by atoms with Crippen LogP contribution in [0.2, 0.25) is 5.02 Å². The second kappa shape index (κ2) is 7.31. The quantitative estimate of drug-likeness (QED) is 0.517. The molecule has 0 saturated carbocycles. The van der Waals surface area contributed by atoms with Crippen molar-refractivity contribution in [2.45, 2.75) is 20.0 Å². The van der Waals surface area contributed by atoms with Crippen LogP contribution in [0.1, 0.15) is 13.8 Å². The topological polar surface area (TPSA) is 74.8 Å². The molecule has 0 bridgehead atoms. The van der Waals surface area contributed by atoms with Crippen molar-refractivity contribution < 1.29 is 9.53 Å². The van der Waals surface area contributed by atoms with Gasteiger partial charge in [0.15, 0.2) is 5.82 Å². The zero-order valence-corrected chi connectivity index (χ0v) is 14.5. The molecule has 2 heterocycles. The highest BCUT2D eigenvalue weighted by molar-refractivity contribution is 6.31. The van der Waals surface area contributed by atoms with Gasteiger partial charge in [-0.3, -0.25) is 0 Å². The van der Waals surface area contributed by atoms with E-state index < -0.39 is 5.97 Å². The molecule has 3 aromatic rings. The second-order valence-corrected chi connectivity index (χ2v) is 5.92. The highest BCUT2D eigenvalue weighted by Crippen LogP contribution is 2.27. The summed E-state index contributed by atoms with van der Waals surface area (Å²) in [6.07, 6.45) is 9.32. The van der Waals surface area contributed by atoms with Gasteiger partial charge < -0.3 is 9.30 Å². The lowest BCUT2D eigenvalue weighted by Gasteiger charge is -2.08. The molecule has 7 nitrogen and oxygen atoms in total. The van der Waals surface area contributed by atoms with Gasteiger partial charge >= 0.3 is 5.97 Å². The molecule has 0 aliphatic heterocycles. The Morgan fingerprint density at radius 1 is 1.32 bits per heavy atom. The van der Waals surface area contributed by atoms with Crippen molar-refractivity contribution in [3.63, 3.8) is 0 Å². The number of imidazole rings is 1. The van der Waals surface area contributed by atoms with E-state index in [-0.39, 0.29) is 6.10 Å². The third kappa shape index (κ3) is 4.13. The van der Waals surface area contributed by atoms with Gasteiger partial charge in [-0.05, 0) is 32.0 Å². The maximum absolute atomic E-state index is 11.6. The first kappa shape index (κ1) is 16.9. The molecule has 0 aliphatic carbocycles. The Hall–Kier alpha value is -2.93. The molecule has 1 aromatic carbocycles. The molecule has 8 heteroatoms. The predicted octanol–water partition coefficient (Wildman–Crippen LogP) is 3.21. The molecule has 0 N–H and O–H groups in total. The highest BCUT2D eigenvalue weighted by Gasteiger charge is 2.12. The minimum atomic E-state index is -0.436. The summed E-state index contributed by atoms with van der Waals surface area (Å²) in [6.45, 7) is 3.58. The molecule has 0 atom stereocenters. The van der Waals surface area contributed by atoms with Gasteiger partial charge in [0, 0.05) is 35.3 Å². The number of carbonyl (C=O) groups excluding carboxylic acids is 1. The second-order valence-electron chi connectivity index (χ2n) is 5.48. The van der Waals surface area contributed by atoms with Crippen LogP contribution in [-0.2, 0) is 9.53 Å². The average Bonchev–Trinajstić information content (AvgIpc) is 3.24. The van der Waals surface area contributed by atoms with Gasteiger partial charge in [0.1, 0.15) is 6.33 Å². The number of halogens is 1. The van der Waals surface area contributed by atoms with Crippen LogP contribution >= 0.6 is 11.6 Å². The fourth-order valence-corrected chi connectivity index (χ4v) is 2.37. The number of aromatic nitrogens is 5. The van der Waals surface area contributed by atoms with E-state index in [2.05, 4.69) is 15.1 Å². The minimum Gasteiger partial charge on any atom is -0.460 e. The molecule has 0 saturated heterocycles. The molecule has 2 aromatic heterocycles. The molecule has 0 unspecified atom stereocenters. The van der Waals surface area contributed by atoms with Crippen LogP contribution in [0.15, 0.2) is 49.3 Å². The van der Waals surface area contributed by atoms with Crippen LogP contribution in [0, 0.1) is 0 Å². The van der Waals surface area contributed by atoms with Gasteiger partial charge in [-0.25, -0.2) is 19.4 Å². The first-order valence-electron chi connectivity index (χ1n) is 7.61. The van der Waals surface area contributed by atoms with E-state index in [1.807, 2.05) is 16.8 Å². The lowest BCUT2D eigenvalue weighted by atomic mass is 10.1. The summed E-state index contributed by atoms with van der Waals surface area (Å²) >= 11 is 6.12. The highest BCUT2D eigenvalue weighted by atomic mass is 35.5. The van der Waals surface area contributed by atoms with E-state index in [4.69, 9.17) is 16.3 Å². The summed E-state index contributed by atoms with van der Waals surface area (Å²) in [4.78, 5) is 19.9. The molecular formula is C17H16ClN5O2. The Bertz CT molecular complexity index is 900. The predicted molar refractivity (Wildman–Crippen MR) is 94.1 cm³/mol. The maximum atomic E-state index is 11.6. The normalized spacial score (nSPS) is 11.4. The van der Waals surface area contributed by atoms with Crippen molar-refractivity contribution in [1.29, 1.82) is 0 Å². The number of hydrogen-bond acceptors (Lipinski definition) is 5. The van der Waals surface area contributed by atoms with Gasteiger partial charge in [-0.2, -0.15) is 0 Å². The molecule has 128 valence electrons. The third-order valence-electron chi connectivity index (χ3n) is 3.21. The Kier molecular flexibility index (Phi) is 4.95. The fourth-order valence-electron chi connectivity index (χ4n) is 2.19. The van der Waals surface area contributed by atoms with Gasteiger partial charge in [0.2, 0.25) is 0 Å². The van der Waals surface area contributed by atoms with Gasteiger partial charge in [0.05, 0.1) is 18.1 Å². The number of benzene rings is 1. The van der Waals surface area contributed by atoms with Crippen LogP contribution < -0.4 is 0 Å². The Balaban J connectivity index is 1.89. The van der Waals surface area contributed by atoms with E-state index in [0.29, 0.717) is 10.8 Å². The summed E-state index contributed by atoms with van der Waals surface area (Å²) in [6, 6.07) is 5.45. The Morgan fingerprint density at radius 2 is 2.16 bits per heavy atom. The summed E-state index contributed by atoms with van der Waals surface area (Å²) < 4.78 is 8.32. The molecule has 0 fully saturated rings. The molecule has 0 aliphatic rings. The number of hydrogen-bond donors (Lipinski definition) is 0. The van der Waals surface area contributed by atoms with Crippen LogP contribution in [0.4, 0.5) is 0 Å². The average molecular weight is 358 g/mol. The van der Waals surface area contributed by atoms with E-state index in [1.165, 1.54) is 23.3 Å². The summed E-state index contributed by atoms with van der Waals surface area (Å²) in [7, 11) is 0. The number of carbonyl (C=O) groups is 1. The van der Waals surface area contributed by atoms with Crippen LogP contribution in [0.3, 0.4) is 0 Å². The first-order chi connectivity index (χ1) is 12.0. The molecule has 0 amide bonds. The van der Waals surface area contributed by atoms with Crippen LogP contribution in [0.25, 0.3) is 23.3 Å². The van der Waals surface area contributed by atoms with Crippen molar-refractivity contribution in [3.05, 3.63) is 54.3 Å². The van der Waals surface area contributed by atoms with E-state index in [9.17, 15) is 4.79 Å². The molecule has 0 spiro atoms. The fraction of sp³-hybridized carbons (Fsp3) is 0.176. The van der Waals surface area contributed by atoms with Crippen molar-refractivity contribution in [2.24, 2.45) is 0 Å². The van der Waals surface area contributed by atoms with Crippen LogP contribution in [0.5, 0.6) is 0 Å². The first-order valence-corrected chi connectivity index (χ1v) is 7.99. The summed E-state index contributed by atoms with van der Waals surface area (Å²) in [5.74, 6) is 0.0435.